The molecule has 3 heteroatoms. The number of halogens is 2. The lowest BCUT2D eigenvalue weighted by atomic mass is 10.1. The number of rotatable bonds is 4. The average molecular weight is 369 g/mol. The van der Waals surface area contributed by atoms with E-state index in [2.05, 4.69) is 86.6 Å². The van der Waals surface area contributed by atoms with Gasteiger partial charge in [-0.1, -0.05) is 35.9 Å². The van der Waals surface area contributed by atoms with E-state index in [9.17, 15) is 0 Å². The smallest absolute Gasteiger partial charge is 0.0320 e. The fourth-order valence-corrected chi connectivity index (χ4v) is 2.38. The average Bonchev–Trinajstić information content (AvgIpc) is 2.36. The van der Waals surface area contributed by atoms with Crippen molar-refractivity contribution in [3.63, 3.8) is 0 Å². The number of hydrogen-bond acceptors (Lipinski definition) is 1. The minimum absolute atomic E-state index is 0.875. The Bertz CT molecular complexity index is 521. The molecule has 0 saturated carbocycles. The molecule has 0 aromatic heterocycles. The van der Waals surface area contributed by atoms with Crippen LogP contribution in [0.1, 0.15) is 16.7 Å². The molecule has 94 valence electrons. The first-order chi connectivity index (χ1) is 8.65. The van der Waals surface area contributed by atoms with E-state index in [1.807, 2.05) is 0 Å². The Morgan fingerprint density at radius 3 is 2.11 bits per heavy atom. The largest absolute Gasteiger partial charge is 0.309 e. The molecule has 0 bridgehead atoms. The molecule has 1 nitrogen and oxygen atoms in total. The molecular formula is C15H15Br2N. The maximum Gasteiger partial charge on any atom is 0.0320 e. The molecule has 0 atom stereocenters. The highest BCUT2D eigenvalue weighted by Gasteiger charge is 1.99. The SMILES string of the molecule is Cc1ccc(CNCc2ccc(Br)c(Br)c2)cc1. The van der Waals surface area contributed by atoms with Crippen molar-refractivity contribution >= 4 is 31.9 Å². The predicted octanol–water partition coefficient (Wildman–Crippen LogP) is 4.81. The lowest BCUT2D eigenvalue weighted by Gasteiger charge is -2.06. The third-order valence-electron chi connectivity index (χ3n) is 2.76. The molecule has 1 N–H and O–H groups in total. The quantitative estimate of drug-likeness (QED) is 0.816. The van der Waals surface area contributed by atoms with E-state index in [0.717, 1.165) is 22.0 Å². The second-order valence-corrected chi connectivity index (χ2v) is 6.05. The zero-order valence-corrected chi connectivity index (χ0v) is 13.4. The third-order valence-corrected chi connectivity index (χ3v) is 4.64. The van der Waals surface area contributed by atoms with E-state index in [1.165, 1.54) is 16.7 Å². The normalized spacial score (nSPS) is 10.6. The first-order valence-electron chi connectivity index (χ1n) is 5.85. The number of hydrogen-bond donors (Lipinski definition) is 1. The van der Waals surface area contributed by atoms with Crippen LogP contribution in [0.5, 0.6) is 0 Å². The van der Waals surface area contributed by atoms with Crippen LogP contribution >= 0.6 is 31.9 Å². The summed E-state index contributed by atoms with van der Waals surface area (Å²) in [6, 6.07) is 14.9. The molecule has 0 aliphatic rings. The topological polar surface area (TPSA) is 12.0 Å². The van der Waals surface area contributed by atoms with Gasteiger partial charge >= 0.3 is 0 Å². The second kappa shape index (κ2) is 6.50. The van der Waals surface area contributed by atoms with Gasteiger partial charge in [-0.05, 0) is 62.0 Å². The minimum Gasteiger partial charge on any atom is -0.309 e. The van der Waals surface area contributed by atoms with Crippen molar-refractivity contribution in [1.82, 2.24) is 5.32 Å². The van der Waals surface area contributed by atoms with Crippen molar-refractivity contribution in [2.75, 3.05) is 0 Å². The van der Waals surface area contributed by atoms with Crippen LogP contribution in [0.25, 0.3) is 0 Å². The molecule has 0 fully saturated rings. The van der Waals surface area contributed by atoms with Crippen LogP contribution in [0, 0.1) is 6.92 Å². The van der Waals surface area contributed by atoms with E-state index in [4.69, 9.17) is 0 Å². The number of nitrogens with one attached hydrogen (secondary N) is 1. The first-order valence-corrected chi connectivity index (χ1v) is 7.44. The van der Waals surface area contributed by atoms with Crippen molar-refractivity contribution in [3.05, 3.63) is 68.1 Å². The predicted molar refractivity (Wildman–Crippen MR) is 83.6 cm³/mol. The van der Waals surface area contributed by atoms with Gasteiger partial charge in [0.2, 0.25) is 0 Å². The zero-order chi connectivity index (χ0) is 13.0. The Morgan fingerprint density at radius 1 is 0.833 bits per heavy atom. The highest BCUT2D eigenvalue weighted by molar-refractivity contribution is 9.13. The Labute approximate surface area is 125 Å². The number of aryl methyl sites for hydroxylation is 1. The van der Waals surface area contributed by atoms with E-state index in [-0.39, 0.29) is 0 Å². The summed E-state index contributed by atoms with van der Waals surface area (Å²) in [4.78, 5) is 0. The lowest BCUT2D eigenvalue weighted by molar-refractivity contribution is 0.693. The Morgan fingerprint density at radius 2 is 1.44 bits per heavy atom. The molecule has 18 heavy (non-hydrogen) atoms. The van der Waals surface area contributed by atoms with Crippen molar-refractivity contribution in [2.45, 2.75) is 20.0 Å². The maximum absolute atomic E-state index is 3.52. The van der Waals surface area contributed by atoms with Gasteiger partial charge in [-0.25, -0.2) is 0 Å². The highest BCUT2D eigenvalue weighted by atomic mass is 79.9. The summed E-state index contributed by atoms with van der Waals surface area (Å²) in [6.07, 6.45) is 0. The van der Waals surface area contributed by atoms with Crippen LogP contribution in [0.3, 0.4) is 0 Å². The van der Waals surface area contributed by atoms with Crippen LogP contribution in [0.15, 0.2) is 51.4 Å². The molecule has 0 aliphatic heterocycles. The summed E-state index contributed by atoms with van der Waals surface area (Å²) in [7, 11) is 0. The van der Waals surface area contributed by atoms with Crippen molar-refractivity contribution in [2.24, 2.45) is 0 Å². The van der Waals surface area contributed by atoms with Gasteiger partial charge in [-0.3, -0.25) is 0 Å². The van der Waals surface area contributed by atoms with Crippen LogP contribution < -0.4 is 5.32 Å². The molecule has 0 aliphatic carbocycles. The van der Waals surface area contributed by atoms with Gasteiger partial charge in [0.05, 0.1) is 0 Å². The Kier molecular flexibility index (Phi) is 4.98. The maximum atomic E-state index is 3.52. The fraction of sp³-hybridized carbons (Fsp3) is 0.200. The fourth-order valence-electron chi connectivity index (χ4n) is 1.71. The van der Waals surface area contributed by atoms with E-state index < -0.39 is 0 Å². The van der Waals surface area contributed by atoms with Gasteiger partial charge in [0, 0.05) is 22.0 Å². The van der Waals surface area contributed by atoms with Gasteiger partial charge in [0.1, 0.15) is 0 Å². The summed E-state index contributed by atoms with van der Waals surface area (Å²) in [5.74, 6) is 0. The molecule has 2 aromatic carbocycles. The second-order valence-electron chi connectivity index (χ2n) is 4.34. The molecular weight excluding hydrogens is 354 g/mol. The Balaban J connectivity index is 1.88. The van der Waals surface area contributed by atoms with Crippen LogP contribution in [-0.2, 0) is 13.1 Å². The van der Waals surface area contributed by atoms with E-state index in [1.54, 1.807) is 0 Å². The van der Waals surface area contributed by atoms with E-state index >= 15 is 0 Å². The summed E-state index contributed by atoms with van der Waals surface area (Å²) in [6.45, 7) is 3.88. The van der Waals surface area contributed by atoms with Crippen LogP contribution in [-0.4, -0.2) is 0 Å². The Hall–Kier alpha value is -0.640. The first kappa shape index (κ1) is 13.8. The van der Waals surface area contributed by atoms with E-state index in [0.29, 0.717) is 0 Å². The van der Waals surface area contributed by atoms with Gasteiger partial charge in [-0.2, -0.15) is 0 Å². The van der Waals surface area contributed by atoms with Gasteiger partial charge < -0.3 is 5.32 Å². The van der Waals surface area contributed by atoms with Gasteiger partial charge in [-0.15, -0.1) is 0 Å². The molecule has 0 radical (unpaired) electrons. The van der Waals surface area contributed by atoms with Crippen LogP contribution in [0.2, 0.25) is 0 Å². The van der Waals surface area contributed by atoms with Gasteiger partial charge in [0.15, 0.2) is 0 Å². The van der Waals surface area contributed by atoms with Crippen LogP contribution in [0.4, 0.5) is 0 Å². The minimum atomic E-state index is 0.875. The van der Waals surface area contributed by atoms with Gasteiger partial charge in [0.25, 0.3) is 0 Å². The van der Waals surface area contributed by atoms with Crippen molar-refractivity contribution in [1.29, 1.82) is 0 Å². The third kappa shape index (κ3) is 3.94. The molecule has 2 aromatic rings. The lowest BCUT2D eigenvalue weighted by Crippen LogP contribution is -2.12. The van der Waals surface area contributed by atoms with Crippen molar-refractivity contribution < 1.29 is 0 Å². The molecule has 2 rings (SSSR count). The highest BCUT2D eigenvalue weighted by Crippen LogP contribution is 2.23. The summed E-state index contributed by atoms with van der Waals surface area (Å²) in [5.41, 5.74) is 3.89. The standard InChI is InChI=1S/C15H15Br2N/c1-11-2-4-12(5-3-11)9-18-10-13-6-7-14(16)15(17)8-13/h2-8,18H,9-10H2,1H3. The summed E-state index contributed by atoms with van der Waals surface area (Å²) < 4.78 is 2.18. The zero-order valence-electron chi connectivity index (χ0n) is 10.2. The molecule has 0 spiro atoms. The van der Waals surface area contributed by atoms with Crippen molar-refractivity contribution in [3.8, 4) is 0 Å². The monoisotopic (exact) mass is 367 g/mol. The molecule has 0 saturated heterocycles. The summed E-state index contributed by atoms with van der Waals surface area (Å²) >= 11 is 6.99. The number of benzene rings is 2. The molecule has 0 heterocycles. The summed E-state index contributed by atoms with van der Waals surface area (Å²) in [5, 5.41) is 3.45. The molecule has 0 unspecified atom stereocenters. The molecule has 0 amide bonds.